The van der Waals surface area contributed by atoms with Crippen LogP contribution in [0.4, 0.5) is 4.79 Å². The van der Waals surface area contributed by atoms with Crippen LogP contribution in [-0.4, -0.2) is 42.1 Å². The van der Waals surface area contributed by atoms with E-state index < -0.39 is 0 Å². The lowest BCUT2D eigenvalue weighted by molar-refractivity contribution is -0.140. The van der Waals surface area contributed by atoms with Crippen molar-refractivity contribution in [1.29, 1.82) is 0 Å². The number of alkyl carbamates (subject to hydrolysis) is 1. The summed E-state index contributed by atoms with van der Waals surface area (Å²) in [4.78, 5) is 25.2. The summed E-state index contributed by atoms with van der Waals surface area (Å²) in [5, 5.41) is 2.83. The minimum absolute atomic E-state index is 0.106. The van der Waals surface area contributed by atoms with Crippen molar-refractivity contribution >= 4 is 12.0 Å². The second kappa shape index (κ2) is 2.94. The number of carbonyl (C=O) groups excluding carboxylic acids is 2. The van der Waals surface area contributed by atoms with Crippen LogP contribution < -0.4 is 5.32 Å². The number of amides is 2. The molecule has 2 amide bonds. The molecule has 4 rings (SSSR count). The third kappa shape index (κ3) is 1.37. The van der Waals surface area contributed by atoms with E-state index in [1.165, 1.54) is 6.42 Å². The summed E-state index contributed by atoms with van der Waals surface area (Å²) in [6.45, 7) is 2.37. The lowest BCUT2D eigenvalue weighted by Crippen LogP contribution is -2.58. The van der Waals surface area contributed by atoms with Gasteiger partial charge in [0.1, 0.15) is 6.61 Å². The van der Waals surface area contributed by atoms with Crippen LogP contribution in [0.1, 0.15) is 19.3 Å². The van der Waals surface area contributed by atoms with Crippen molar-refractivity contribution in [2.24, 2.45) is 17.8 Å². The maximum atomic E-state index is 12.2. The molecule has 1 spiro atoms. The smallest absolute Gasteiger partial charge is 0.407 e. The molecule has 0 bridgehead atoms. The van der Waals surface area contributed by atoms with E-state index in [4.69, 9.17) is 4.74 Å². The molecule has 0 radical (unpaired) electrons. The number of ether oxygens (including phenoxy) is 1. The first-order valence-electron chi connectivity index (χ1n) is 6.39. The molecular weight excluding hydrogens is 220 g/mol. The molecule has 2 aliphatic heterocycles. The highest BCUT2D eigenvalue weighted by Gasteiger charge is 2.55. The summed E-state index contributed by atoms with van der Waals surface area (Å²) in [7, 11) is 0. The van der Waals surface area contributed by atoms with E-state index in [1.54, 1.807) is 0 Å². The number of hydrogen-bond acceptors (Lipinski definition) is 3. The number of carbonyl (C=O) groups is 2. The molecule has 4 fully saturated rings. The maximum absolute atomic E-state index is 12.2. The van der Waals surface area contributed by atoms with Crippen LogP contribution in [0.3, 0.4) is 0 Å². The first-order chi connectivity index (χ1) is 8.15. The van der Waals surface area contributed by atoms with Gasteiger partial charge in [0, 0.05) is 19.0 Å². The second-order valence-electron chi connectivity index (χ2n) is 6.09. The zero-order valence-electron chi connectivity index (χ0n) is 9.65. The van der Waals surface area contributed by atoms with Crippen LogP contribution in [0.25, 0.3) is 0 Å². The Hall–Kier alpha value is -1.26. The molecule has 92 valence electrons. The van der Waals surface area contributed by atoms with Crippen molar-refractivity contribution in [2.45, 2.75) is 24.8 Å². The van der Waals surface area contributed by atoms with Crippen molar-refractivity contribution in [2.75, 3.05) is 19.7 Å². The fourth-order valence-corrected chi connectivity index (χ4v) is 3.61. The average Bonchev–Trinajstić information content (AvgIpc) is 2.72. The number of hydrogen-bond donors (Lipinski definition) is 1. The number of rotatable bonds is 1. The van der Waals surface area contributed by atoms with Crippen LogP contribution in [0.5, 0.6) is 0 Å². The Morgan fingerprint density at radius 3 is 2.65 bits per heavy atom. The van der Waals surface area contributed by atoms with E-state index in [0.717, 1.165) is 37.8 Å². The molecular formula is C12H16N2O3. The summed E-state index contributed by atoms with van der Waals surface area (Å²) in [6.07, 6.45) is 2.49. The van der Waals surface area contributed by atoms with E-state index in [1.807, 2.05) is 4.90 Å². The first kappa shape index (κ1) is 9.74. The molecule has 1 unspecified atom stereocenters. The Morgan fingerprint density at radius 1 is 1.35 bits per heavy atom. The zero-order valence-corrected chi connectivity index (χ0v) is 9.65. The first-order valence-corrected chi connectivity index (χ1v) is 6.39. The SMILES string of the molecule is O=C1NC2(CO1)CC(C(=O)N1CC3C[C@@H]3C1)C2. The summed E-state index contributed by atoms with van der Waals surface area (Å²) in [5.41, 5.74) is -0.222. The van der Waals surface area contributed by atoms with Gasteiger partial charge in [-0.05, 0) is 31.1 Å². The van der Waals surface area contributed by atoms with Crippen molar-refractivity contribution in [3.05, 3.63) is 0 Å². The summed E-state index contributed by atoms with van der Waals surface area (Å²) >= 11 is 0. The van der Waals surface area contributed by atoms with Crippen LogP contribution >= 0.6 is 0 Å². The van der Waals surface area contributed by atoms with Crippen molar-refractivity contribution < 1.29 is 14.3 Å². The van der Waals surface area contributed by atoms with Gasteiger partial charge in [0.2, 0.25) is 5.91 Å². The lowest BCUT2D eigenvalue weighted by atomic mass is 9.68. The minimum Gasteiger partial charge on any atom is -0.447 e. The molecule has 4 aliphatic rings. The fraction of sp³-hybridized carbons (Fsp3) is 0.833. The van der Waals surface area contributed by atoms with E-state index in [9.17, 15) is 9.59 Å². The highest BCUT2D eigenvalue weighted by Crippen LogP contribution is 2.47. The summed E-state index contributed by atoms with van der Waals surface area (Å²) < 4.78 is 4.91. The lowest BCUT2D eigenvalue weighted by Gasteiger charge is -2.43. The average molecular weight is 236 g/mol. The highest BCUT2D eigenvalue weighted by atomic mass is 16.6. The van der Waals surface area contributed by atoms with Gasteiger partial charge in [0.15, 0.2) is 0 Å². The van der Waals surface area contributed by atoms with Crippen molar-refractivity contribution in [1.82, 2.24) is 10.2 Å². The quantitative estimate of drug-likeness (QED) is 0.715. The van der Waals surface area contributed by atoms with Crippen LogP contribution in [0.15, 0.2) is 0 Å². The standard InChI is InChI=1S/C12H16N2O3/c15-10(14-4-7-1-8(7)5-14)9-2-12(3-9)6-17-11(16)13-12/h7-9H,1-6H2,(H,13,16)/t7-,8?,9?,12?/m1/s1. The van der Waals surface area contributed by atoms with E-state index in [0.29, 0.717) is 12.5 Å². The van der Waals surface area contributed by atoms with Crippen molar-refractivity contribution in [3.63, 3.8) is 0 Å². The van der Waals surface area contributed by atoms with E-state index in [2.05, 4.69) is 5.32 Å². The van der Waals surface area contributed by atoms with Gasteiger partial charge in [-0.2, -0.15) is 0 Å². The Labute approximate surface area is 99.5 Å². The van der Waals surface area contributed by atoms with Gasteiger partial charge < -0.3 is 15.0 Å². The van der Waals surface area contributed by atoms with Crippen LogP contribution in [0, 0.1) is 17.8 Å². The van der Waals surface area contributed by atoms with Gasteiger partial charge in [0.05, 0.1) is 5.54 Å². The predicted molar refractivity (Wildman–Crippen MR) is 58.1 cm³/mol. The Morgan fingerprint density at radius 2 is 2.06 bits per heavy atom. The summed E-state index contributed by atoms with van der Waals surface area (Å²) in [6, 6.07) is 0. The molecule has 5 nitrogen and oxygen atoms in total. The molecule has 0 aromatic rings. The third-order valence-corrected chi connectivity index (χ3v) is 4.76. The molecule has 2 atom stereocenters. The Kier molecular flexibility index (Phi) is 1.69. The van der Waals surface area contributed by atoms with E-state index >= 15 is 0 Å². The molecule has 2 aliphatic carbocycles. The maximum Gasteiger partial charge on any atom is 0.407 e. The molecule has 1 N–H and O–H groups in total. The number of nitrogens with zero attached hydrogens (tertiary/aromatic N) is 1. The fourth-order valence-electron chi connectivity index (χ4n) is 3.61. The van der Waals surface area contributed by atoms with E-state index in [-0.39, 0.29) is 17.6 Å². The normalized spacial score (nSPS) is 46.2. The largest absolute Gasteiger partial charge is 0.447 e. The molecule has 2 saturated carbocycles. The van der Waals surface area contributed by atoms with Gasteiger partial charge in [0.25, 0.3) is 0 Å². The number of piperidine rings is 1. The molecule has 2 heterocycles. The molecule has 2 saturated heterocycles. The number of nitrogens with one attached hydrogen (secondary N) is 1. The third-order valence-electron chi connectivity index (χ3n) is 4.76. The zero-order chi connectivity index (χ0) is 11.6. The second-order valence-corrected chi connectivity index (χ2v) is 6.09. The van der Waals surface area contributed by atoms with Crippen molar-refractivity contribution in [3.8, 4) is 0 Å². The molecule has 17 heavy (non-hydrogen) atoms. The number of fused-ring (bicyclic) bond motifs is 1. The van der Waals surface area contributed by atoms with Gasteiger partial charge in [-0.15, -0.1) is 0 Å². The highest BCUT2D eigenvalue weighted by molar-refractivity contribution is 5.82. The topological polar surface area (TPSA) is 58.6 Å². The van der Waals surface area contributed by atoms with Gasteiger partial charge in [-0.25, -0.2) is 4.79 Å². The monoisotopic (exact) mass is 236 g/mol. The van der Waals surface area contributed by atoms with Gasteiger partial charge in [-0.3, -0.25) is 4.79 Å². The van der Waals surface area contributed by atoms with Gasteiger partial charge >= 0.3 is 6.09 Å². The van der Waals surface area contributed by atoms with Gasteiger partial charge in [-0.1, -0.05) is 0 Å². The minimum atomic E-state index is -0.335. The van der Waals surface area contributed by atoms with Crippen LogP contribution in [0.2, 0.25) is 0 Å². The summed E-state index contributed by atoms with van der Waals surface area (Å²) in [5.74, 6) is 1.99. The molecule has 5 heteroatoms. The molecule has 0 aromatic heterocycles. The van der Waals surface area contributed by atoms with Crippen LogP contribution in [-0.2, 0) is 9.53 Å². The molecule has 0 aromatic carbocycles. The number of cyclic esters (lactones) is 1. The number of likely N-dealkylation sites (tertiary alicyclic amines) is 1. The predicted octanol–water partition coefficient (Wildman–Crippen LogP) is 0.353. The Balaban J connectivity index is 1.36. The Bertz CT molecular complexity index is 393.